The van der Waals surface area contributed by atoms with Gasteiger partial charge in [-0.15, -0.1) is 0 Å². The van der Waals surface area contributed by atoms with Crippen molar-refractivity contribution in [1.82, 2.24) is 5.32 Å². The number of amides is 1. The molecule has 0 aliphatic heterocycles. The molecule has 1 aromatic carbocycles. The first-order valence-corrected chi connectivity index (χ1v) is 5.65. The molecule has 0 saturated heterocycles. The van der Waals surface area contributed by atoms with E-state index in [4.69, 9.17) is 16.7 Å². The summed E-state index contributed by atoms with van der Waals surface area (Å²) in [6.07, 6.45) is -0.278. The average Bonchev–Trinajstić information content (AvgIpc) is 2.26. The molecule has 0 fully saturated rings. The number of nitrogens with zero attached hydrogens (tertiary/aromatic N) is 1. The molecule has 1 amide bonds. The van der Waals surface area contributed by atoms with Crippen molar-refractivity contribution < 1.29 is 19.6 Å². The second kappa shape index (κ2) is 6.14. The quantitative estimate of drug-likeness (QED) is 0.634. The lowest BCUT2D eigenvalue weighted by atomic mass is 10.1. The second-order valence-electron chi connectivity index (χ2n) is 3.89. The van der Waals surface area contributed by atoms with Gasteiger partial charge in [-0.2, -0.15) is 0 Å². The van der Waals surface area contributed by atoms with E-state index >= 15 is 0 Å². The van der Waals surface area contributed by atoms with E-state index in [0.717, 1.165) is 6.07 Å². The monoisotopic (exact) mass is 286 g/mol. The van der Waals surface area contributed by atoms with Gasteiger partial charge in [0, 0.05) is 17.1 Å². The van der Waals surface area contributed by atoms with E-state index in [0.29, 0.717) is 0 Å². The molecule has 7 nitrogen and oxygen atoms in total. The molecular formula is C11H11ClN2O5. The number of nitro benzene ring substituents is 1. The predicted molar refractivity (Wildman–Crippen MR) is 67.3 cm³/mol. The molecule has 1 unspecified atom stereocenters. The van der Waals surface area contributed by atoms with Gasteiger partial charge in [0.15, 0.2) is 0 Å². The molecule has 19 heavy (non-hydrogen) atoms. The summed E-state index contributed by atoms with van der Waals surface area (Å²) in [6, 6.07) is 2.95. The third-order valence-electron chi connectivity index (χ3n) is 2.26. The fourth-order valence-corrected chi connectivity index (χ4v) is 1.64. The normalized spacial score (nSPS) is 11.7. The number of benzene rings is 1. The Morgan fingerprint density at radius 3 is 2.68 bits per heavy atom. The number of aliphatic carboxylic acids is 1. The highest BCUT2D eigenvalue weighted by atomic mass is 35.5. The van der Waals surface area contributed by atoms with Crippen LogP contribution in [0.1, 0.15) is 23.7 Å². The summed E-state index contributed by atoms with van der Waals surface area (Å²) in [7, 11) is 0. The molecular weight excluding hydrogens is 276 g/mol. The number of hydrogen-bond acceptors (Lipinski definition) is 4. The largest absolute Gasteiger partial charge is 0.481 e. The summed E-state index contributed by atoms with van der Waals surface area (Å²) in [5.41, 5.74) is -0.584. The number of rotatable bonds is 5. The molecule has 1 aromatic rings. The molecule has 0 saturated carbocycles. The number of carbonyl (C=O) groups excluding carboxylic acids is 1. The van der Waals surface area contributed by atoms with Crippen LogP contribution in [-0.2, 0) is 4.79 Å². The van der Waals surface area contributed by atoms with Crippen LogP contribution in [0.5, 0.6) is 0 Å². The van der Waals surface area contributed by atoms with Gasteiger partial charge in [-0.1, -0.05) is 11.6 Å². The minimum atomic E-state index is -1.08. The smallest absolute Gasteiger partial charge is 0.305 e. The van der Waals surface area contributed by atoms with Crippen LogP contribution in [0.15, 0.2) is 18.2 Å². The third-order valence-corrected chi connectivity index (χ3v) is 2.49. The summed E-state index contributed by atoms with van der Waals surface area (Å²) < 4.78 is 0. The highest BCUT2D eigenvalue weighted by molar-refractivity contribution is 6.31. The van der Waals surface area contributed by atoms with Crippen molar-refractivity contribution >= 4 is 29.2 Å². The first kappa shape index (κ1) is 14.9. The molecule has 0 heterocycles. The van der Waals surface area contributed by atoms with Gasteiger partial charge in [-0.25, -0.2) is 0 Å². The Hall–Kier alpha value is -2.15. The van der Waals surface area contributed by atoms with E-state index in [1.54, 1.807) is 0 Å². The van der Waals surface area contributed by atoms with Crippen molar-refractivity contribution in [3.05, 3.63) is 38.9 Å². The highest BCUT2D eigenvalue weighted by Crippen LogP contribution is 2.22. The van der Waals surface area contributed by atoms with Gasteiger partial charge in [0.05, 0.1) is 11.3 Å². The van der Waals surface area contributed by atoms with Gasteiger partial charge < -0.3 is 10.4 Å². The molecule has 2 N–H and O–H groups in total. The van der Waals surface area contributed by atoms with Gasteiger partial charge in [0.2, 0.25) is 0 Å². The minimum Gasteiger partial charge on any atom is -0.481 e. The summed E-state index contributed by atoms with van der Waals surface area (Å²) in [5.74, 6) is -1.81. The van der Waals surface area contributed by atoms with Gasteiger partial charge in [0.25, 0.3) is 11.6 Å². The van der Waals surface area contributed by atoms with Gasteiger partial charge in [-0.3, -0.25) is 19.7 Å². The van der Waals surface area contributed by atoms with Crippen LogP contribution < -0.4 is 5.32 Å². The Morgan fingerprint density at radius 2 is 2.16 bits per heavy atom. The van der Waals surface area contributed by atoms with E-state index < -0.39 is 22.8 Å². The summed E-state index contributed by atoms with van der Waals surface area (Å²) >= 11 is 5.69. The van der Waals surface area contributed by atoms with E-state index in [1.165, 1.54) is 19.1 Å². The van der Waals surface area contributed by atoms with Crippen LogP contribution in [0.4, 0.5) is 5.69 Å². The van der Waals surface area contributed by atoms with Crippen molar-refractivity contribution in [2.75, 3.05) is 0 Å². The zero-order valence-corrected chi connectivity index (χ0v) is 10.7. The Kier molecular flexibility index (Phi) is 4.82. The Balaban J connectivity index is 2.95. The number of carboxylic acid groups (broad SMARTS) is 1. The third kappa shape index (κ3) is 4.22. The lowest BCUT2D eigenvalue weighted by Gasteiger charge is -2.11. The maximum absolute atomic E-state index is 11.8. The summed E-state index contributed by atoms with van der Waals surface area (Å²) in [5, 5.41) is 21.9. The molecule has 0 aromatic heterocycles. The topological polar surface area (TPSA) is 110 Å². The second-order valence-corrected chi connectivity index (χ2v) is 4.33. The predicted octanol–water partition coefficient (Wildman–Crippen LogP) is 1.84. The molecule has 102 valence electrons. The van der Waals surface area contributed by atoms with E-state index in [9.17, 15) is 19.7 Å². The number of hydrogen-bond donors (Lipinski definition) is 2. The maximum atomic E-state index is 11.8. The first-order chi connectivity index (χ1) is 8.81. The van der Waals surface area contributed by atoms with Crippen molar-refractivity contribution in [2.24, 2.45) is 0 Å². The fourth-order valence-electron chi connectivity index (χ4n) is 1.46. The molecule has 0 radical (unpaired) electrons. The number of halogens is 1. The average molecular weight is 287 g/mol. The van der Waals surface area contributed by atoms with Crippen molar-refractivity contribution in [1.29, 1.82) is 0 Å². The Morgan fingerprint density at radius 1 is 1.53 bits per heavy atom. The van der Waals surface area contributed by atoms with Crippen LogP contribution in [0.25, 0.3) is 0 Å². The van der Waals surface area contributed by atoms with E-state index in [1.807, 2.05) is 0 Å². The maximum Gasteiger partial charge on any atom is 0.305 e. The van der Waals surface area contributed by atoms with Gasteiger partial charge >= 0.3 is 5.97 Å². The minimum absolute atomic E-state index is 0.182. The zero-order valence-electron chi connectivity index (χ0n) is 9.92. The highest BCUT2D eigenvalue weighted by Gasteiger charge is 2.22. The van der Waals surface area contributed by atoms with Crippen molar-refractivity contribution in [3.63, 3.8) is 0 Å². The zero-order chi connectivity index (χ0) is 14.6. The van der Waals surface area contributed by atoms with E-state index in [-0.39, 0.29) is 22.7 Å². The Labute approximate surface area is 113 Å². The van der Waals surface area contributed by atoms with Crippen LogP contribution in [0, 0.1) is 10.1 Å². The standard InChI is InChI=1S/C11H11ClN2O5/c1-6(4-10(15)16)13-11(17)8-5-7(12)2-3-9(8)14(18)19/h2-3,5-6H,4H2,1H3,(H,13,17)(H,15,16). The molecule has 0 aliphatic carbocycles. The van der Waals surface area contributed by atoms with Gasteiger partial charge in [-0.05, 0) is 19.1 Å². The molecule has 1 atom stereocenters. The van der Waals surface area contributed by atoms with Crippen LogP contribution in [0.2, 0.25) is 5.02 Å². The summed E-state index contributed by atoms with van der Waals surface area (Å²) in [4.78, 5) is 32.4. The fraction of sp³-hybridized carbons (Fsp3) is 0.273. The molecule has 1 rings (SSSR count). The van der Waals surface area contributed by atoms with Crippen LogP contribution in [-0.4, -0.2) is 27.9 Å². The Bertz CT molecular complexity index is 532. The SMILES string of the molecule is CC(CC(=O)O)NC(=O)c1cc(Cl)ccc1[N+](=O)[O-]. The van der Waals surface area contributed by atoms with Crippen molar-refractivity contribution in [3.8, 4) is 0 Å². The molecule has 0 bridgehead atoms. The molecule has 0 spiro atoms. The molecule has 0 aliphatic rings. The number of carboxylic acids is 1. The number of nitrogens with one attached hydrogen (secondary N) is 1. The van der Waals surface area contributed by atoms with E-state index in [2.05, 4.69) is 5.32 Å². The van der Waals surface area contributed by atoms with Crippen LogP contribution in [0.3, 0.4) is 0 Å². The summed E-state index contributed by atoms with van der Waals surface area (Å²) in [6.45, 7) is 1.49. The lowest BCUT2D eigenvalue weighted by Crippen LogP contribution is -2.34. The lowest BCUT2D eigenvalue weighted by molar-refractivity contribution is -0.385. The van der Waals surface area contributed by atoms with Crippen LogP contribution >= 0.6 is 11.6 Å². The first-order valence-electron chi connectivity index (χ1n) is 5.28. The van der Waals surface area contributed by atoms with Gasteiger partial charge in [0.1, 0.15) is 5.56 Å². The molecule has 8 heteroatoms. The van der Waals surface area contributed by atoms with Crippen molar-refractivity contribution in [2.45, 2.75) is 19.4 Å². The number of carbonyl (C=O) groups is 2. The number of nitro groups is 1.